The first-order chi connectivity index (χ1) is 7.79. The minimum atomic E-state index is -0.214. The number of Topliss-reactive ketones (excluding diaryl/α,β-unsaturated/α-hetero) is 1. The number of thioether (sulfide) groups is 1. The number of hydrogen-bond donors (Lipinski definition) is 0. The molecule has 0 bridgehead atoms. The summed E-state index contributed by atoms with van der Waals surface area (Å²) in [4.78, 5) is 12.8. The van der Waals surface area contributed by atoms with E-state index in [0.29, 0.717) is 6.42 Å². The van der Waals surface area contributed by atoms with Crippen molar-refractivity contribution in [3.05, 3.63) is 24.3 Å². The smallest absolute Gasteiger partial charge is 0.173 e. The minimum absolute atomic E-state index is 0.214. The number of rotatable bonds is 3. The van der Waals surface area contributed by atoms with Gasteiger partial charge in [-0.25, -0.2) is 0 Å². The van der Waals surface area contributed by atoms with Crippen LogP contribution < -0.4 is 4.74 Å². The normalized spacial score (nSPS) is 20.8. The van der Waals surface area contributed by atoms with E-state index in [1.807, 2.05) is 30.5 Å². The fourth-order valence-corrected chi connectivity index (χ4v) is 2.30. The second-order valence-corrected chi connectivity index (χ2v) is 4.87. The lowest BCUT2D eigenvalue weighted by Crippen LogP contribution is -2.30. The van der Waals surface area contributed by atoms with Crippen molar-refractivity contribution >= 4 is 17.5 Å². The summed E-state index contributed by atoms with van der Waals surface area (Å²) < 4.78 is 5.71. The second-order valence-electron chi connectivity index (χ2n) is 3.99. The Kier molecular flexibility index (Phi) is 3.88. The Balaban J connectivity index is 1.99. The van der Waals surface area contributed by atoms with E-state index in [4.69, 9.17) is 4.74 Å². The second kappa shape index (κ2) is 5.39. The number of carbonyl (C=O) groups is 1. The van der Waals surface area contributed by atoms with Crippen molar-refractivity contribution in [2.45, 2.75) is 36.7 Å². The Morgan fingerprint density at radius 2 is 2.00 bits per heavy atom. The molecule has 0 saturated heterocycles. The van der Waals surface area contributed by atoms with Crippen LogP contribution in [0.25, 0.3) is 0 Å². The van der Waals surface area contributed by atoms with E-state index in [0.717, 1.165) is 25.0 Å². The maximum Gasteiger partial charge on any atom is 0.173 e. The van der Waals surface area contributed by atoms with Crippen LogP contribution >= 0.6 is 11.8 Å². The van der Waals surface area contributed by atoms with E-state index in [9.17, 15) is 4.79 Å². The molecule has 0 aliphatic heterocycles. The molecule has 1 saturated carbocycles. The molecule has 0 aromatic heterocycles. The van der Waals surface area contributed by atoms with Crippen LogP contribution in [0.5, 0.6) is 5.75 Å². The van der Waals surface area contributed by atoms with Gasteiger partial charge in [0.2, 0.25) is 0 Å². The Labute approximate surface area is 100 Å². The molecule has 0 N–H and O–H groups in total. The zero-order valence-corrected chi connectivity index (χ0v) is 10.3. The van der Waals surface area contributed by atoms with Crippen molar-refractivity contribution in [2.24, 2.45) is 0 Å². The molecule has 0 amide bonds. The Bertz CT molecular complexity index is 359. The number of hydrogen-bond acceptors (Lipinski definition) is 3. The fourth-order valence-electron chi connectivity index (χ4n) is 1.89. The van der Waals surface area contributed by atoms with Gasteiger partial charge in [0.05, 0.1) is 0 Å². The predicted molar refractivity (Wildman–Crippen MR) is 66.1 cm³/mol. The summed E-state index contributed by atoms with van der Waals surface area (Å²) in [6.45, 7) is 0. The third-order valence-electron chi connectivity index (χ3n) is 2.84. The van der Waals surface area contributed by atoms with Crippen LogP contribution in [0, 0.1) is 0 Å². The van der Waals surface area contributed by atoms with Crippen molar-refractivity contribution < 1.29 is 9.53 Å². The van der Waals surface area contributed by atoms with Crippen molar-refractivity contribution in [1.82, 2.24) is 0 Å². The van der Waals surface area contributed by atoms with E-state index < -0.39 is 0 Å². The summed E-state index contributed by atoms with van der Waals surface area (Å²) in [6.07, 6.45) is 5.48. The fraction of sp³-hybridized carbons (Fsp3) is 0.462. The zero-order chi connectivity index (χ0) is 11.4. The quantitative estimate of drug-likeness (QED) is 0.753. The number of ether oxygens (including phenoxy) is 1. The minimum Gasteiger partial charge on any atom is -0.483 e. The highest BCUT2D eigenvalue weighted by atomic mass is 32.2. The molecule has 1 aromatic carbocycles. The van der Waals surface area contributed by atoms with Crippen LogP contribution in [0.15, 0.2) is 29.2 Å². The van der Waals surface area contributed by atoms with Crippen LogP contribution in [0.1, 0.15) is 25.7 Å². The molecule has 1 aliphatic rings. The van der Waals surface area contributed by atoms with E-state index in [1.165, 1.54) is 4.90 Å². The Hall–Kier alpha value is -0.960. The van der Waals surface area contributed by atoms with Crippen LogP contribution in [-0.2, 0) is 4.79 Å². The third kappa shape index (κ3) is 2.79. The highest BCUT2D eigenvalue weighted by Gasteiger charge is 2.23. The molecule has 0 radical (unpaired) electrons. The van der Waals surface area contributed by atoms with Gasteiger partial charge in [-0.15, -0.1) is 11.8 Å². The summed E-state index contributed by atoms with van der Waals surface area (Å²) in [7, 11) is 0. The van der Waals surface area contributed by atoms with Gasteiger partial charge in [0.15, 0.2) is 11.9 Å². The molecule has 2 rings (SSSR count). The van der Waals surface area contributed by atoms with Crippen molar-refractivity contribution in [1.29, 1.82) is 0 Å². The van der Waals surface area contributed by atoms with E-state index in [2.05, 4.69) is 0 Å². The molecule has 86 valence electrons. The molecule has 1 aliphatic carbocycles. The lowest BCUT2D eigenvalue weighted by atomic mass is 9.96. The summed E-state index contributed by atoms with van der Waals surface area (Å²) in [5, 5.41) is 0. The zero-order valence-electron chi connectivity index (χ0n) is 9.44. The summed E-state index contributed by atoms with van der Waals surface area (Å²) in [6, 6.07) is 7.92. The predicted octanol–water partition coefficient (Wildman–Crippen LogP) is 3.30. The largest absolute Gasteiger partial charge is 0.483 e. The molecule has 16 heavy (non-hydrogen) atoms. The molecule has 2 nitrogen and oxygen atoms in total. The first-order valence-electron chi connectivity index (χ1n) is 5.63. The Morgan fingerprint density at radius 1 is 1.25 bits per heavy atom. The molecule has 0 heterocycles. The highest BCUT2D eigenvalue weighted by Crippen LogP contribution is 2.23. The van der Waals surface area contributed by atoms with E-state index >= 15 is 0 Å². The van der Waals surface area contributed by atoms with Gasteiger partial charge in [-0.3, -0.25) is 4.79 Å². The maximum absolute atomic E-state index is 11.6. The van der Waals surface area contributed by atoms with Crippen molar-refractivity contribution in [3.8, 4) is 5.75 Å². The average molecular weight is 236 g/mol. The number of carbonyl (C=O) groups excluding carboxylic acids is 1. The van der Waals surface area contributed by atoms with E-state index in [1.54, 1.807) is 11.8 Å². The lowest BCUT2D eigenvalue weighted by molar-refractivity contribution is -0.127. The molecule has 1 unspecified atom stereocenters. The molecule has 1 aromatic rings. The van der Waals surface area contributed by atoms with Gasteiger partial charge in [-0.05, 0) is 49.8 Å². The maximum atomic E-state index is 11.6. The number of ketones is 1. The average Bonchev–Trinajstić information content (AvgIpc) is 2.33. The monoisotopic (exact) mass is 236 g/mol. The van der Waals surface area contributed by atoms with Crippen molar-refractivity contribution in [3.63, 3.8) is 0 Å². The summed E-state index contributed by atoms with van der Waals surface area (Å²) in [5.41, 5.74) is 0. The van der Waals surface area contributed by atoms with Gasteiger partial charge in [0.1, 0.15) is 5.75 Å². The first-order valence-corrected chi connectivity index (χ1v) is 6.85. The third-order valence-corrected chi connectivity index (χ3v) is 3.58. The molecular weight excluding hydrogens is 220 g/mol. The topological polar surface area (TPSA) is 26.3 Å². The molecule has 0 spiro atoms. The summed E-state index contributed by atoms with van der Waals surface area (Å²) in [5.74, 6) is 1.05. The number of benzene rings is 1. The standard InChI is InChI=1S/C13H16O2S/c1-16-11-8-6-10(7-9-11)15-13-5-3-2-4-12(13)14/h6-9,13H,2-5H2,1H3. The molecule has 1 fully saturated rings. The molecule has 3 heteroatoms. The highest BCUT2D eigenvalue weighted by molar-refractivity contribution is 7.98. The lowest BCUT2D eigenvalue weighted by Gasteiger charge is -2.21. The van der Waals surface area contributed by atoms with Gasteiger partial charge in [0, 0.05) is 11.3 Å². The summed E-state index contributed by atoms with van der Waals surface area (Å²) >= 11 is 1.70. The Morgan fingerprint density at radius 3 is 2.62 bits per heavy atom. The van der Waals surface area contributed by atoms with Gasteiger partial charge >= 0.3 is 0 Å². The van der Waals surface area contributed by atoms with Crippen LogP contribution in [0.2, 0.25) is 0 Å². The van der Waals surface area contributed by atoms with Gasteiger partial charge in [-0.1, -0.05) is 0 Å². The van der Waals surface area contributed by atoms with Crippen LogP contribution in [0.4, 0.5) is 0 Å². The molecular formula is C13H16O2S. The van der Waals surface area contributed by atoms with Gasteiger partial charge in [-0.2, -0.15) is 0 Å². The first kappa shape index (κ1) is 11.5. The van der Waals surface area contributed by atoms with E-state index in [-0.39, 0.29) is 11.9 Å². The SMILES string of the molecule is CSc1ccc(OC2CCCCC2=O)cc1. The van der Waals surface area contributed by atoms with Gasteiger partial charge in [0.25, 0.3) is 0 Å². The van der Waals surface area contributed by atoms with Crippen molar-refractivity contribution in [2.75, 3.05) is 6.26 Å². The van der Waals surface area contributed by atoms with Crippen LogP contribution in [-0.4, -0.2) is 18.1 Å². The van der Waals surface area contributed by atoms with Gasteiger partial charge < -0.3 is 4.74 Å². The molecule has 1 atom stereocenters. The van der Waals surface area contributed by atoms with Crippen LogP contribution in [0.3, 0.4) is 0 Å².